The third kappa shape index (κ3) is 2.71. The molecule has 0 radical (unpaired) electrons. The number of hydrogen-bond acceptors (Lipinski definition) is 1. The molecule has 1 aliphatic carbocycles. The number of nitrogens with one attached hydrogen (secondary N) is 1. The van der Waals surface area contributed by atoms with Gasteiger partial charge in [0.2, 0.25) is 0 Å². The maximum absolute atomic E-state index is 12.9. The fraction of sp³-hybridized carbons (Fsp3) is 0.136. The predicted molar refractivity (Wildman–Crippen MR) is 96.8 cm³/mol. The van der Waals surface area contributed by atoms with Crippen LogP contribution in [0.4, 0.5) is 0 Å². The minimum Gasteiger partial charge on any atom is -0.345 e. The normalized spacial score (nSPS) is 15.8. The molecule has 0 fully saturated rings. The van der Waals surface area contributed by atoms with Crippen molar-refractivity contribution in [3.05, 3.63) is 95.6 Å². The van der Waals surface area contributed by atoms with Gasteiger partial charge in [-0.1, -0.05) is 72.8 Å². The van der Waals surface area contributed by atoms with Crippen LogP contribution in [0.5, 0.6) is 0 Å². The zero-order valence-corrected chi connectivity index (χ0v) is 13.4. The second kappa shape index (κ2) is 6.32. The molecular formula is C22H19NO. The first-order valence-electron chi connectivity index (χ1n) is 8.36. The molecule has 4 rings (SSSR count). The van der Waals surface area contributed by atoms with E-state index >= 15 is 0 Å². The molecule has 0 aromatic heterocycles. The molecule has 0 saturated carbocycles. The standard InChI is InChI=1S/C22H19NO/c24-22(23-21-15-14-17-10-4-5-12-19(17)21)20-13-7-6-11-18(20)16-8-2-1-3-9-16/h1-13,21H,14-15H2,(H,23,24). The molecule has 1 unspecified atom stereocenters. The molecule has 118 valence electrons. The van der Waals surface area contributed by atoms with Crippen LogP contribution < -0.4 is 5.32 Å². The van der Waals surface area contributed by atoms with E-state index in [1.54, 1.807) is 0 Å². The fourth-order valence-corrected chi connectivity index (χ4v) is 3.49. The Hall–Kier alpha value is -2.87. The van der Waals surface area contributed by atoms with Crippen LogP contribution in [-0.2, 0) is 6.42 Å². The van der Waals surface area contributed by atoms with E-state index in [2.05, 4.69) is 23.5 Å². The third-order valence-electron chi connectivity index (χ3n) is 4.69. The summed E-state index contributed by atoms with van der Waals surface area (Å²) in [5, 5.41) is 3.22. The highest BCUT2D eigenvalue weighted by molar-refractivity contribution is 6.01. The number of carbonyl (C=O) groups excluding carboxylic acids is 1. The third-order valence-corrected chi connectivity index (χ3v) is 4.69. The van der Waals surface area contributed by atoms with Gasteiger partial charge in [0.15, 0.2) is 0 Å². The zero-order chi connectivity index (χ0) is 16.4. The van der Waals surface area contributed by atoms with Crippen LogP contribution in [-0.4, -0.2) is 5.91 Å². The molecule has 1 aliphatic rings. The summed E-state index contributed by atoms with van der Waals surface area (Å²) in [6.45, 7) is 0. The van der Waals surface area contributed by atoms with Crippen molar-refractivity contribution < 1.29 is 4.79 Å². The van der Waals surface area contributed by atoms with Crippen molar-refractivity contribution in [3.8, 4) is 11.1 Å². The smallest absolute Gasteiger partial charge is 0.252 e. The summed E-state index contributed by atoms with van der Waals surface area (Å²) in [6.07, 6.45) is 2.00. The molecule has 3 aromatic carbocycles. The Balaban J connectivity index is 1.63. The van der Waals surface area contributed by atoms with E-state index in [-0.39, 0.29) is 11.9 Å². The van der Waals surface area contributed by atoms with Crippen LogP contribution in [0.15, 0.2) is 78.9 Å². The van der Waals surface area contributed by atoms with Crippen LogP contribution in [0, 0.1) is 0 Å². The average molecular weight is 313 g/mol. The summed E-state index contributed by atoms with van der Waals surface area (Å²) in [4.78, 5) is 12.9. The van der Waals surface area contributed by atoms with Gasteiger partial charge in [0, 0.05) is 5.56 Å². The maximum Gasteiger partial charge on any atom is 0.252 e. The van der Waals surface area contributed by atoms with Gasteiger partial charge in [0.25, 0.3) is 5.91 Å². The highest BCUT2D eigenvalue weighted by atomic mass is 16.1. The molecule has 0 heterocycles. The monoisotopic (exact) mass is 313 g/mol. The minimum atomic E-state index is -0.00356. The Labute approximate surface area is 142 Å². The molecule has 24 heavy (non-hydrogen) atoms. The summed E-state index contributed by atoms with van der Waals surface area (Å²) in [5.74, 6) is -0.00356. The van der Waals surface area contributed by atoms with Gasteiger partial charge in [-0.05, 0) is 41.2 Å². The van der Waals surface area contributed by atoms with Gasteiger partial charge in [0.05, 0.1) is 6.04 Å². The summed E-state index contributed by atoms with van der Waals surface area (Å²) in [7, 11) is 0. The first kappa shape index (κ1) is 14.7. The molecule has 0 saturated heterocycles. The largest absolute Gasteiger partial charge is 0.345 e. The lowest BCUT2D eigenvalue weighted by molar-refractivity contribution is 0.0937. The summed E-state index contributed by atoms with van der Waals surface area (Å²) in [5.41, 5.74) is 5.37. The zero-order valence-electron chi connectivity index (χ0n) is 13.4. The van der Waals surface area contributed by atoms with Gasteiger partial charge in [-0.2, -0.15) is 0 Å². The summed E-state index contributed by atoms with van der Waals surface area (Å²) < 4.78 is 0. The lowest BCUT2D eigenvalue weighted by Gasteiger charge is -2.16. The van der Waals surface area contributed by atoms with Crippen molar-refractivity contribution in [1.82, 2.24) is 5.32 Å². The number of rotatable bonds is 3. The van der Waals surface area contributed by atoms with E-state index in [1.165, 1.54) is 11.1 Å². The van der Waals surface area contributed by atoms with E-state index < -0.39 is 0 Å². The van der Waals surface area contributed by atoms with E-state index in [0.29, 0.717) is 0 Å². The van der Waals surface area contributed by atoms with Crippen molar-refractivity contribution in [2.75, 3.05) is 0 Å². The van der Waals surface area contributed by atoms with Gasteiger partial charge in [-0.15, -0.1) is 0 Å². The second-order valence-corrected chi connectivity index (χ2v) is 6.18. The quantitative estimate of drug-likeness (QED) is 0.741. The lowest BCUT2D eigenvalue weighted by atomic mass is 9.98. The predicted octanol–water partition coefficient (Wildman–Crippen LogP) is 4.77. The molecular weight excluding hydrogens is 294 g/mol. The number of fused-ring (bicyclic) bond motifs is 1. The lowest BCUT2D eigenvalue weighted by Crippen LogP contribution is -2.27. The molecule has 3 aromatic rings. The Morgan fingerprint density at radius 3 is 2.42 bits per heavy atom. The number of amides is 1. The van der Waals surface area contributed by atoms with Crippen LogP contribution in [0.2, 0.25) is 0 Å². The van der Waals surface area contributed by atoms with Crippen molar-refractivity contribution in [1.29, 1.82) is 0 Å². The molecule has 1 amide bonds. The van der Waals surface area contributed by atoms with E-state index in [9.17, 15) is 4.79 Å². The summed E-state index contributed by atoms with van der Waals surface area (Å²) in [6, 6.07) is 26.4. The van der Waals surface area contributed by atoms with Crippen LogP contribution in [0.1, 0.15) is 33.9 Å². The van der Waals surface area contributed by atoms with Gasteiger partial charge < -0.3 is 5.32 Å². The van der Waals surface area contributed by atoms with Gasteiger partial charge in [0.1, 0.15) is 0 Å². The molecule has 2 nitrogen and oxygen atoms in total. The van der Waals surface area contributed by atoms with Crippen molar-refractivity contribution in [2.45, 2.75) is 18.9 Å². The van der Waals surface area contributed by atoms with Crippen molar-refractivity contribution >= 4 is 5.91 Å². The Morgan fingerprint density at radius 2 is 1.54 bits per heavy atom. The number of aryl methyl sites for hydroxylation is 1. The Bertz CT molecular complexity index is 870. The van der Waals surface area contributed by atoms with Gasteiger partial charge in [-0.3, -0.25) is 4.79 Å². The molecule has 2 heteroatoms. The number of benzene rings is 3. The summed E-state index contributed by atoms with van der Waals surface area (Å²) >= 11 is 0. The number of hydrogen-bond donors (Lipinski definition) is 1. The highest BCUT2D eigenvalue weighted by Crippen LogP contribution is 2.31. The van der Waals surface area contributed by atoms with Crippen LogP contribution in [0.3, 0.4) is 0 Å². The van der Waals surface area contributed by atoms with Gasteiger partial charge >= 0.3 is 0 Å². The van der Waals surface area contributed by atoms with E-state index in [1.807, 2.05) is 60.7 Å². The first-order valence-corrected chi connectivity index (χ1v) is 8.36. The fourth-order valence-electron chi connectivity index (χ4n) is 3.49. The SMILES string of the molecule is O=C(NC1CCc2ccccc21)c1ccccc1-c1ccccc1. The van der Waals surface area contributed by atoms with E-state index in [4.69, 9.17) is 0 Å². The average Bonchev–Trinajstić information content (AvgIpc) is 3.05. The Kier molecular flexibility index (Phi) is 3.87. The maximum atomic E-state index is 12.9. The number of carbonyl (C=O) groups is 1. The van der Waals surface area contributed by atoms with Crippen molar-refractivity contribution in [3.63, 3.8) is 0 Å². The van der Waals surface area contributed by atoms with E-state index in [0.717, 1.165) is 29.5 Å². The minimum absolute atomic E-state index is 0.00356. The molecule has 1 N–H and O–H groups in total. The topological polar surface area (TPSA) is 29.1 Å². The van der Waals surface area contributed by atoms with Crippen LogP contribution in [0.25, 0.3) is 11.1 Å². The molecule has 0 spiro atoms. The highest BCUT2D eigenvalue weighted by Gasteiger charge is 2.24. The first-order chi connectivity index (χ1) is 11.8. The Morgan fingerprint density at radius 1 is 0.833 bits per heavy atom. The van der Waals surface area contributed by atoms with Crippen molar-refractivity contribution in [2.24, 2.45) is 0 Å². The molecule has 0 aliphatic heterocycles. The van der Waals surface area contributed by atoms with Gasteiger partial charge in [-0.25, -0.2) is 0 Å². The molecule has 0 bridgehead atoms. The van der Waals surface area contributed by atoms with Crippen LogP contribution >= 0.6 is 0 Å². The second-order valence-electron chi connectivity index (χ2n) is 6.18. The molecule has 1 atom stereocenters.